The highest BCUT2D eigenvalue weighted by Crippen LogP contribution is 2.40. The number of likely N-dealkylation sites (N-methyl/N-ethyl adjacent to an activating group) is 1. The van der Waals surface area contributed by atoms with Crippen molar-refractivity contribution in [3.63, 3.8) is 0 Å². The zero-order chi connectivity index (χ0) is 27.1. The number of carbonyl (C=O) groups excluding carboxylic acids is 1. The van der Waals surface area contributed by atoms with E-state index in [4.69, 9.17) is 0 Å². The molecule has 0 N–H and O–H groups in total. The zero-order valence-electron chi connectivity index (χ0n) is 19.3. The number of hydrogen-bond donors (Lipinski definition) is 0. The van der Waals surface area contributed by atoms with E-state index >= 15 is 0 Å². The number of hydrogen-bond acceptors (Lipinski definition) is 3. The average molecular weight is 530 g/mol. The van der Waals surface area contributed by atoms with E-state index in [1.165, 1.54) is 69.4 Å². The first-order valence-electron chi connectivity index (χ1n) is 10.4. The Labute approximate surface area is 204 Å². The van der Waals surface area contributed by atoms with E-state index in [9.17, 15) is 39.6 Å². The summed E-state index contributed by atoms with van der Waals surface area (Å²) in [5, 5.41) is 0. The van der Waals surface area contributed by atoms with Crippen molar-refractivity contribution in [1.29, 1.82) is 0 Å². The second kappa shape index (κ2) is 9.27. The maximum absolute atomic E-state index is 13.5. The average Bonchev–Trinajstić information content (AvgIpc) is 2.82. The monoisotopic (exact) mass is 529 g/mol. The van der Waals surface area contributed by atoms with Crippen LogP contribution in [0.1, 0.15) is 30.5 Å². The molecule has 36 heavy (non-hydrogen) atoms. The zero-order valence-corrected chi connectivity index (χ0v) is 20.1. The molecule has 3 aromatic rings. The van der Waals surface area contributed by atoms with Crippen LogP contribution in [0.5, 0.6) is 0 Å². The van der Waals surface area contributed by atoms with Gasteiger partial charge in [0, 0.05) is 7.05 Å². The van der Waals surface area contributed by atoms with E-state index in [1.807, 2.05) is 0 Å². The number of alkyl halides is 6. The highest BCUT2D eigenvalue weighted by atomic mass is 32.2. The number of carbonyl (C=O) groups is 1. The molecule has 0 saturated heterocycles. The lowest BCUT2D eigenvalue weighted by Gasteiger charge is -2.31. The summed E-state index contributed by atoms with van der Waals surface area (Å²) in [7, 11) is -2.89. The van der Waals surface area contributed by atoms with Crippen LogP contribution in [-0.4, -0.2) is 21.4 Å². The molecule has 192 valence electrons. The summed E-state index contributed by atoms with van der Waals surface area (Å²) in [5.74, 6) is -0.911. The van der Waals surface area contributed by atoms with Crippen LogP contribution in [0.25, 0.3) is 0 Å². The summed E-state index contributed by atoms with van der Waals surface area (Å²) in [6.45, 7) is 2.35. The van der Waals surface area contributed by atoms with Crippen molar-refractivity contribution in [1.82, 2.24) is 0 Å². The first-order valence-corrected chi connectivity index (χ1v) is 11.9. The highest BCUT2D eigenvalue weighted by Gasteiger charge is 2.41. The topological polar surface area (TPSA) is 54.5 Å². The Morgan fingerprint density at radius 3 is 1.67 bits per heavy atom. The molecule has 0 aliphatic carbocycles. The number of halogens is 6. The predicted octanol–water partition coefficient (Wildman–Crippen LogP) is 6.50. The summed E-state index contributed by atoms with van der Waals surface area (Å²) in [5.41, 5.74) is -5.60. The van der Waals surface area contributed by atoms with Gasteiger partial charge in [0.05, 0.1) is 32.0 Å². The lowest BCUT2D eigenvalue weighted by molar-refractivity contribution is -0.143. The highest BCUT2D eigenvalue weighted by molar-refractivity contribution is 7.91. The van der Waals surface area contributed by atoms with Crippen LogP contribution in [0.4, 0.5) is 32.0 Å². The van der Waals surface area contributed by atoms with Crippen molar-refractivity contribution in [2.24, 2.45) is 0 Å². The lowest BCUT2D eigenvalue weighted by Crippen LogP contribution is -2.42. The molecule has 0 radical (unpaired) electrons. The number of benzene rings is 3. The predicted molar refractivity (Wildman–Crippen MR) is 121 cm³/mol. The Morgan fingerprint density at radius 2 is 1.17 bits per heavy atom. The minimum Gasteiger partial charge on any atom is -0.313 e. The summed E-state index contributed by atoms with van der Waals surface area (Å²) in [4.78, 5) is 14.1. The molecule has 1 amide bonds. The van der Waals surface area contributed by atoms with Gasteiger partial charge in [-0.25, -0.2) is 8.42 Å². The molecule has 0 fully saturated rings. The van der Waals surface area contributed by atoms with Gasteiger partial charge in [0.2, 0.25) is 15.7 Å². The quantitative estimate of drug-likeness (QED) is 0.355. The van der Waals surface area contributed by atoms with E-state index < -0.39 is 50.2 Å². The second-order valence-corrected chi connectivity index (χ2v) is 10.5. The van der Waals surface area contributed by atoms with Gasteiger partial charge in [0.15, 0.2) is 0 Å². The molecule has 0 unspecified atom stereocenters. The van der Waals surface area contributed by atoms with E-state index in [-0.39, 0.29) is 21.5 Å². The molecule has 0 heterocycles. The molecule has 0 atom stereocenters. The summed E-state index contributed by atoms with van der Waals surface area (Å²) in [6, 6.07) is 13.8. The normalized spacial score (nSPS) is 12.9. The number of nitrogens with zero attached hydrogens (tertiary/aromatic N) is 1. The van der Waals surface area contributed by atoms with Crippen molar-refractivity contribution in [2.75, 3.05) is 11.9 Å². The second-order valence-electron chi connectivity index (χ2n) is 8.57. The maximum atomic E-state index is 13.5. The van der Waals surface area contributed by atoms with Crippen LogP contribution >= 0.6 is 0 Å². The minimum absolute atomic E-state index is 0.0183. The molecule has 0 spiro atoms. The molecule has 3 aromatic carbocycles. The standard InChI is InChI=1S/C25H21F6NO3S/c1-23(2,16-13-17(24(26,27)28)15-18(14-16)25(29,30)31)22(33)32(3)20-11-7-8-12-21(20)36(34,35)19-9-5-4-6-10-19/h4-15H,1-3H3. The first-order chi connectivity index (χ1) is 16.5. The molecule has 0 aliphatic rings. The van der Waals surface area contributed by atoms with Gasteiger partial charge < -0.3 is 4.90 Å². The van der Waals surface area contributed by atoms with Crippen LogP contribution < -0.4 is 4.90 Å². The molecule has 0 aromatic heterocycles. The third kappa shape index (κ3) is 5.25. The van der Waals surface area contributed by atoms with Gasteiger partial charge >= 0.3 is 12.4 Å². The largest absolute Gasteiger partial charge is 0.416 e. The molecule has 0 saturated carbocycles. The number of anilines is 1. The van der Waals surface area contributed by atoms with Gasteiger partial charge in [-0.3, -0.25) is 4.79 Å². The first kappa shape index (κ1) is 27.3. The van der Waals surface area contributed by atoms with Crippen molar-refractivity contribution in [2.45, 2.75) is 41.4 Å². The smallest absolute Gasteiger partial charge is 0.313 e. The molecule has 3 rings (SSSR count). The molecule has 4 nitrogen and oxygen atoms in total. The van der Waals surface area contributed by atoms with Crippen molar-refractivity contribution in [3.05, 3.63) is 89.5 Å². The summed E-state index contributed by atoms with van der Waals surface area (Å²) in [6.07, 6.45) is -10.2. The maximum Gasteiger partial charge on any atom is 0.416 e. The Hall–Kier alpha value is -3.34. The summed E-state index contributed by atoms with van der Waals surface area (Å²) >= 11 is 0. The van der Waals surface area contributed by atoms with Crippen molar-refractivity contribution >= 4 is 21.4 Å². The van der Waals surface area contributed by atoms with E-state index in [0.717, 1.165) is 4.90 Å². The van der Waals surface area contributed by atoms with Crippen molar-refractivity contribution < 1.29 is 39.6 Å². The minimum atomic E-state index is -5.09. The van der Waals surface area contributed by atoms with Gasteiger partial charge in [-0.1, -0.05) is 30.3 Å². The Kier molecular flexibility index (Phi) is 7.02. The van der Waals surface area contributed by atoms with Crippen LogP contribution in [0.2, 0.25) is 0 Å². The fourth-order valence-electron chi connectivity index (χ4n) is 3.66. The Balaban J connectivity index is 2.12. The Morgan fingerprint density at radius 1 is 0.722 bits per heavy atom. The third-order valence-corrected chi connectivity index (χ3v) is 7.54. The van der Waals surface area contributed by atoms with Gasteiger partial charge in [0.1, 0.15) is 0 Å². The molecule has 11 heteroatoms. The lowest BCUT2D eigenvalue weighted by atomic mass is 9.81. The van der Waals surface area contributed by atoms with Gasteiger partial charge in [0.25, 0.3) is 0 Å². The van der Waals surface area contributed by atoms with Crippen LogP contribution in [-0.2, 0) is 32.4 Å². The number of amides is 1. The van der Waals surface area contributed by atoms with Gasteiger partial charge in [-0.15, -0.1) is 0 Å². The SMILES string of the molecule is CN(C(=O)C(C)(C)c1cc(C(F)(F)F)cc(C(F)(F)F)c1)c1ccccc1S(=O)(=O)c1ccccc1. The fraction of sp³-hybridized carbons (Fsp3) is 0.240. The molecular weight excluding hydrogens is 508 g/mol. The van der Waals surface area contributed by atoms with Crippen LogP contribution in [0.15, 0.2) is 82.6 Å². The van der Waals surface area contributed by atoms with Crippen molar-refractivity contribution in [3.8, 4) is 0 Å². The number of para-hydroxylation sites is 1. The van der Waals surface area contributed by atoms with E-state index in [2.05, 4.69) is 0 Å². The van der Waals surface area contributed by atoms with Gasteiger partial charge in [-0.05, 0) is 61.9 Å². The molecule has 0 aliphatic heterocycles. The fourth-order valence-corrected chi connectivity index (χ4v) is 5.16. The van der Waals surface area contributed by atoms with E-state index in [0.29, 0.717) is 12.1 Å². The number of sulfone groups is 1. The molecule has 0 bridgehead atoms. The Bertz CT molecular complexity index is 1350. The molecular formula is C25H21F6NO3S. The van der Waals surface area contributed by atoms with Crippen LogP contribution in [0.3, 0.4) is 0 Å². The third-order valence-electron chi connectivity index (χ3n) is 5.72. The van der Waals surface area contributed by atoms with E-state index in [1.54, 1.807) is 6.07 Å². The van der Waals surface area contributed by atoms with Gasteiger partial charge in [-0.2, -0.15) is 26.3 Å². The number of rotatable bonds is 5. The summed E-state index contributed by atoms with van der Waals surface area (Å²) < 4.78 is 107. The van der Waals surface area contributed by atoms with Crippen LogP contribution in [0, 0.1) is 0 Å².